The summed E-state index contributed by atoms with van der Waals surface area (Å²) in [7, 11) is 0. The Bertz CT molecular complexity index is 1380. The topological polar surface area (TPSA) is 54.5 Å². The molecular weight excluding hydrogens is 527 g/mol. The van der Waals surface area contributed by atoms with E-state index in [1.807, 2.05) is 0 Å². The maximum absolute atomic E-state index is 15.9. The van der Waals surface area contributed by atoms with Gasteiger partial charge in [0.15, 0.2) is 0 Å². The Kier molecular flexibility index (Phi) is 7.29. The number of benzene rings is 2. The van der Waals surface area contributed by atoms with Gasteiger partial charge in [-0.05, 0) is 80.0 Å². The summed E-state index contributed by atoms with van der Waals surface area (Å²) in [6.07, 6.45) is 3.92. The highest BCUT2D eigenvalue weighted by molar-refractivity contribution is 5.87. The van der Waals surface area contributed by atoms with E-state index < -0.39 is 42.8 Å². The number of aliphatic hydroxyl groups excluding tert-OH is 1. The third kappa shape index (κ3) is 4.99. The normalized spacial score (nSPS) is 22.0. The predicted molar refractivity (Wildman–Crippen MR) is 145 cm³/mol. The molecule has 3 aromatic rings. The summed E-state index contributed by atoms with van der Waals surface area (Å²) >= 11 is 0. The van der Waals surface area contributed by atoms with Gasteiger partial charge >= 0.3 is 0 Å². The molecule has 1 aromatic heterocycles. The smallest absolute Gasteiger partial charge is 0.283 e. The Morgan fingerprint density at radius 3 is 2.45 bits per heavy atom. The molecule has 3 aliphatic rings. The summed E-state index contributed by atoms with van der Waals surface area (Å²) in [6, 6.07) is 5.09. The van der Waals surface area contributed by atoms with Gasteiger partial charge in [0.1, 0.15) is 18.2 Å². The van der Waals surface area contributed by atoms with Crippen molar-refractivity contribution in [3.63, 3.8) is 0 Å². The largest absolute Gasteiger partial charge is 0.390 e. The first kappa shape index (κ1) is 27.5. The van der Waals surface area contributed by atoms with Crippen molar-refractivity contribution in [1.82, 2.24) is 14.8 Å². The minimum atomic E-state index is -3.44. The van der Waals surface area contributed by atoms with Crippen molar-refractivity contribution in [2.75, 3.05) is 44.8 Å². The van der Waals surface area contributed by atoms with E-state index in [1.54, 1.807) is 6.92 Å². The maximum atomic E-state index is 15.9. The fourth-order valence-electron chi connectivity index (χ4n) is 6.80. The highest BCUT2D eigenvalue weighted by Crippen LogP contribution is 2.44. The number of H-pyrrole nitrogens is 1. The molecule has 1 fully saturated rings. The van der Waals surface area contributed by atoms with Gasteiger partial charge < -0.3 is 15.4 Å². The van der Waals surface area contributed by atoms with Crippen molar-refractivity contribution in [2.45, 2.75) is 63.1 Å². The van der Waals surface area contributed by atoms with Crippen molar-refractivity contribution < 1.29 is 27.1 Å². The molecule has 10 heteroatoms. The minimum Gasteiger partial charge on any atom is -0.390 e. The third-order valence-electron chi connectivity index (χ3n) is 8.76. The van der Waals surface area contributed by atoms with Gasteiger partial charge in [0.05, 0.1) is 25.3 Å². The molecule has 2 atom stereocenters. The first-order valence-corrected chi connectivity index (χ1v) is 14.1. The van der Waals surface area contributed by atoms with E-state index in [-0.39, 0.29) is 24.0 Å². The van der Waals surface area contributed by atoms with Crippen LogP contribution in [0.1, 0.15) is 53.8 Å². The first-order valence-electron chi connectivity index (χ1n) is 14.1. The maximum Gasteiger partial charge on any atom is 0.283 e. The Morgan fingerprint density at radius 2 is 1.77 bits per heavy atom. The van der Waals surface area contributed by atoms with Crippen LogP contribution in [0.2, 0.25) is 0 Å². The lowest BCUT2D eigenvalue weighted by Crippen LogP contribution is -2.54. The number of anilines is 1. The average Bonchev–Trinajstić information content (AvgIpc) is 3.48. The van der Waals surface area contributed by atoms with E-state index in [9.17, 15) is 18.3 Å². The Morgan fingerprint density at radius 1 is 1.07 bits per heavy atom. The van der Waals surface area contributed by atoms with Gasteiger partial charge in [-0.1, -0.05) is 0 Å². The molecule has 0 bridgehead atoms. The summed E-state index contributed by atoms with van der Waals surface area (Å²) in [5, 5.41) is 13.4. The van der Waals surface area contributed by atoms with E-state index >= 15 is 8.78 Å². The number of hydrogen-bond donors (Lipinski definition) is 3. The van der Waals surface area contributed by atoms with Crippen LogP contribution >= 0.6 is 0 Å². The highest BCUT2D eigenvalue weighted by Gasteiger charge is 2.43. The molecule has 6 rings (SSSR count). The number of aryl methyl sites for hydroxylation is 2. The molecule has 0 spiro atoms. The molecule has 2 aromatic carbocycles. The fourth-order valence-corrected chi connectivity index (χ4v) is 6.80. The van der Waals surface area contributed by atoms with Crippen LogP contribution in [0.3, 0.4) is 0 Å². The number of rotatable bonds is 9. The van der Waals surface area contributed by atoms with Crippen LogP contribution in [0.15, 0.2) is 24.3 Å². The molecule has 1 saturated heterocycles. The summed E-state index contributed by atoms with van der Waals surface area (Å²) in [5.41, 5.74) is 4.76. The lowest BCUT2D eigenvalue weighted by atomic mass is 9.87. The van der Waals surface area contributed by atoms with Crippen LogP contribution in [0.25, 0.3) is 10.9 Å². The third-order valence-corrected chi connectivity index (χ3v) is 8.76. The van der Waals surface area contributed by atoms with E-state index in [4.69, 9.17) is 0 Å². The molecule has 0 saturated carbocycles. The van der Waals surface area contributed by atoms with Gasteiger partial charge in [-0.25, -0.2) is 17.6 Å². The number of aromatic nitrogens is 1. The average molecular weight is 563 g/mol. The Balaban J connectivity index is 1.38. The number of fused-ring (bicyclic) bond motifs is 4. The highest BCUT2D eigenvalue weighted by atomic mass is 19.3. The molecule has 2 aliphatic heterocycles. The van der Waals surface area contributed by atoms with Crippen molar-refractivity contribution >= 4 is 16.6 Å². The lowest BCUT2D eigenvalue weighted by Gasteiger charge is -2.42. The summed E-state index contributed by atoms with van der Waals surface area (Å²) < 4.78 is 73.3. The number of aliphatic hydroxyl groups is 1. The first-order chi connectivity index (χ1) is 19.2. The number of nitrogens with one attached hydrogen (secondary N) is 2. The molecule has 5 nitrogen and oxygen atoms in total. The second-order valence-corrected chi connectivity index (χ2v) is 11.7. The number of likely N-dealkylation sites (tertiary alicyclic amines) is 1. The number of halogens is 5. The van der Waals surface area contributed by atoms with Crippen LogP contribution < -0.4 is 5.32 Å². The molecule has 0 amide bonds. The van der Waals surface area contributed by atoms with Gasteiger partial charge in [0.25, 0.3) is 5.92 Å². The van der Waals surface area contributed by atoms with Crippen molar-refractivity contribution in [3.05, 3.63) is 63.8 Å². The second-order valence-electron chi connectivity index (χ2n) is 11.7. The molecule has 0 radical (unpaired) electrons. The summed E-state index contributed by atoms with van der Waals surface area (Å²) in [5.74, 6) is -5.08. The SMILES string of the molecule is C[C@H]1Cc2c([nH]c3cc4c(cc23)CCC4)[C@H](c2c(F)cc(NC3CN(CCCF)C3)cc2F)N1CC(F)(F)CO. The molecule has 3 N–H and O–H groups in total. The lowest BCUT2D eigenvalue weighted by molar-refractivity contribution is -0.0869. The van der Waals surface area contributed by atoms with Gasteiger partial charge in [0, 0.05) is 53.5 Å². The van der Waals surface area contributed by atoms with E-state index in [1.165, 1.54) is 28.2 Å². The summed E-state index contributed by atoms with van der Waals surface area (Å²) in [4.78, 5) is 6.83. The fraction of sp³-hybridized carbons (Fsp3) is 0.533. The number of alkyl halides is 3. The predicted octanol–water partition coefficient (Wildman–Crippen LogP) is 5.35. The van der Waals surface area contributed by atoms with Crippen LogP contribution in [0.4, 0.5) is 27.6 Å². The van der Waals surface area contributed by atoms with E-state index in [2.05, 4.69) is 27.3 Å². The number of hydrogen-bond acceptors (Lipinski definition) is 4. The van der Waals surface area contributed by atoms with Gasteiger partial charge in [0.2, 0.25) is 0 Å². The standard InChI is InChI=1S/C30H35F5N4O/c1-17-8-23-22-9-18-4-2-5-19(18)10-26(22)37-28(23)29(39(17)15-30(34,35)16-40)27-24(32)11-20(12-25(27)33)36-21-13-38(14-21)7-3-6-31/h9-12,17,21,29,36-37,40H,2-8,13-16H2,1H3/t17-,29-/m0/s1. The van der Waals surface area contributed by atoms with E-state index in [0.29, 0.717) is 38.2 Å². The monoisotopic (exact) mass is 562 g/mol. The second kappa shape index (κ2) is 10.6. The zero-order chi connectivity index (χ0) is 28.2. The Labute approximate surface area is 230 Å². The van der Waals surface area contributed by atoms with Crippen LogP contribution in [0, 0.1) is 11.6 Å². The van der Waals surface area contributed by atoms with Crippen molar-refractivity contribution in [1.29, 1.82) is 0 Å². The zero-order valence-corrected chi connectivity index (χ0v) is 22.6. The molecule has 3 heterocycles. The van der Waals surface area contributed by atoms with Crippen molar-refractivity contribution in [3.8, 4) is 0 Å². The van der Waals surface area contributed by atoms with E-state index in [0.717, 1.165) is 35.7 Å². The van der Waals surface area contributed by atoms with Gasteiger partial charge in [-0.2, -0.15) is 0 Å². The van der Waals surface area contributed by atoms with Crippen molar-refractivity contribution in [2.24, 2.45) is 0 Å². The number of aromatic amines is 1. The van der Waals surface area contributed by atoms with Crippen LogP contribution in [-0.2, 0) is 19.3 Å². The molecule has 1 aliphatic carbocycles. The number of nitrogens with zero attached hydrogens (tertiary/aromatic N) is 2. The zero-order valence-electron chi connectivity index (χ0n) is 22.6. The van der Waals surface area contributed by atoms with Crippen LogP contribution in [0.5, 0.6) is 0 Å². The quantitative estimate of drug-likeness (QED) is 0.308. The Hall–Kier alpha value is -2.69. The van der Waals surface area contributed by atoms with Gasteiger partial charge in [-0.3, -0.25) is 14.2 Å². The molecular formula is C30H35F5N4O. The van der Waals surface area contributed by atoms with Gasteiger partial charge in [-0.15, -0.1) is 0 Å². The van der Waals surface area contributed by atoms with Crippen LogP contribution in [-0.4, -0.2) is 77.4 Å². The molecule has 216 valence electrons. The minimum absolute atomic E-state index is 0.0130. The molecule has 40 heavy (non-hydrogen) atoms. The summed E-state index contributed by atoms with van der Waals surface area (Å²) in [6.45, 7) is 1.15. The molecule has 0 unspecified atom stereocenters.